The van der Waals surface area contributed by atoms with E-state index in [4.69, 9.17) is 23.8 Å². The first-order valence-corrected chi connectivity index (χ1v) is 19.7. The molecule has 14 heteroatoms. The molecule has 260 valence electrons. The fourth-order valence-corrected chi connectivity index (χ4v) is 9.15. The third kappa shape index (κ3) is 5.19. The van der Waals surface area contributed by atoms with Crippen LogP contribution in [0.25, 0.3) is 99.9 Å². The van der Waals surface area contributed by atoms with Crippen LogP contribution in [0.5, 0.6) is 0 Å². The molecule has 7 aromatic carbocycles. The first kappa shape index (κ1) is 35.4. The molecule has 5 nitrogen and oxygen atoms in total. The Morgan fingerprint density at radius 1 is 0.351 bits per heavy atom. The Bertz CT molecular complexity index is 3360. The zero-order valence-corrected chi connectivity index (χ0v) is 33.9. The van der Waals surface area contributed by atoms with E-state index in [1.165, 1.54) is 76.3 Å². The second kappa shape index (κ2) is 13.0. The zero-order valence-electron chi connectivity index (χ0n) is 33.9. The van der Waals surface area contributed by atoms with Gasteiger partial charge in [0.1, 0.15) is 92.9 Å². The van der Waals surface area contributed by atoms with Gasteiger partial charge in [0, 0.05) is 38.2 Å². The van der Waals surface area contributed by atoms with Crippen molar-refractivity contribution in [3.05, 3.63) is 97.1 Å². The lowest BCUT2D eigenvalue weighted by molar-refractivity contribution is 0.669. The quantitative estimate of drug-likeness (QED) is 0.173. The standard InChI is InChI=1S/C43H34B9N3O2/c44-30-24(26-27(31(45)34(30)48)28-29-33(47)35(49)36(50)38(52)40(29)57-39(28)37(51)32(26)46)18-10-6-11-19(16-18)42-53-41(17-8-2-1-3-9-17)54-43(55-42)21-13-7-15-23-25(21)20-12-4-5-14-22(20)56-23/h1-16H,44-52H2. The van der Waals surface area contributed by atoms with E-state index in [1.807, 2.05) is 48.5 Å². The molecular weight excluding hydrogens is 688 g/mol. The van der Waals surface area contributed by atoms with Crippen LogP contribution >= 0.6 is 0 Å². The summed E-state index contributed by atoms with van der Waals surface area (Å²) in [6.07, 6.45) is 0. The van der Waals surface area contributed by atoms with E-state index in [-0.39, 0.29) is 0 Å². The van der Waals surface area contributed by atoms with E-state index >= 15 is 0 Å². The summed E-state index contributed by atoms with van der Waals surface area (Å²) >= 11 is 0. The molecular formula is C43H34B9N3O2. The van der Waals surface area contributed by atoms with Crippen molar-refractivity contribution >= 4 is 174 Å². The van der Waals surface area contributed by atoms with Crippen molar-refractivity contribution in [2.75, 3.05) is 0 Å². The summed E-state index contributed by atoms with van der Waals surface area (Å²) in [5, 5.41) is 7.03. The number of para-hydroxylation sites is 1. The van der Waals surface area contributed by atoms with E-state index in [9.17, 15) is 0 Å². The van der Waals surface area contributed by atoms with Crippen molar-refractivity contribution in [1.82, 2.24) is 15.0 Å². The Kier molecular flexibility index (Phi) is 8.09. The third-order valence-corrected chi connectivity index (χ3v) is 12.9. The van der Waals surface area contributed by atoms with Crippen LogP contribution in [-0.4, -0.2) is 85.6 Å². The van der Waals surface area contributed by atoms with E-state index < -0.39 is 0 Å². The molecule has 0 saturated carbocycles. The highest BCUT2D eigenvalue weighted by Gasteiger charge is 2.25. The molecule has 3 aromatic heterocycles. The van der Waals surface area contributed by atoms with Crippen molar-refractivity contribution in [2.24, 2.45) is 0 Å². The number of rotatable bonds is 4. The molecule has 0 aliphatic heterocycles. The van der Waals surface area contributed by atoms with Crippen LogP contribution < -0.4 is 49.2 Å². The average molecular weight is 722 g/mol. The highest BCUT2D eigenvalue weighted by atomic mass is 16.3. The summed E-state index contributed by atoms with van der Waals surface area (Å²) in [6.45, 7) is 0. The monoisotopic (exact) mass is 723 g/mol. The summed E-state index contributed by atoms with van der Waals surface area (Å²) < 4.78 is 13.2. The second-order valence-electron chi connectivity index (χ2n) is 15.8. The summed E-state index contributed by atoms with van der Waals surface area (Å²) in [5.74, 6) is 1.84. The first-order valence-electron chi connectivity index (χ1n) is 19.7. The van der Waals surface area contributed by atoms with E-state index in [2.05, 4.69) is 119 Å². The number of hydrogen-bond acceptors (Lipinski definition) is 5. The van der Waals surface area contributed by atoms with Crippen LogP contribution in [0.4, 0.5) is 0 Å². The molecule has 10 aromatic rings. The molecule has 0 aliphatic carbocycles. The Morgan fingerprint density at radius 3 is 1.68 bits per heavy atom. The van der Waals surface area contributed by atoms with Gasteiger partial charge >= 0.3 is 0 Å². The molecule has 0 spiro atoms. The van der Waals surface area contributed by atoms with E-state index in [0.717, 1.165) is 55.4 Å². The molecule has 0 fully saturated rings. The number of nitrogens with zero attached hydrogens (tertiary/aromatic N) is 3. The van der Waals surface area contributed by atoms with Gasteiger partial charge in [0.2, 0.25) is 0 Å². The molecule has 0 unspecified atom stereocenters. The van der Waals surface area contributed by atoms with Crippen molar-refractivity contribution in [3.8, 4) is 45.3 Å². The first-order chi connectivity index (χ1) is 27.5. The smallest absolute Gasteiger partial charge is 0.164 e. The van der Waals surface area contributed by atoms with Crippen LogP contribution in [-0.2, 0) is 0 Å². The summed E-state index contributed by atoms with van der Waals surface area (Å²) in [4.78, 5) is 15.5. The van der Waals surface area contributed by atoms with Gasteiger partial charge in [0.15, 0.2) is 17.5 Å². The molecule has 0 atom stereocenters. The fraction of sp³-hybridized carbons (Fsp3) is 0. The maximum Gasteiger partial charge on any atom is 0.164 e. The average Bonchev–Trinajstić information content (AvgIpc) is 3.83. The molecule has 57 heavy (non-hydrogen) atoms. The number of furan rings is 2. The van der Waals surface area contributed by atoms with Crippen molar-refractivity contribution in [3.63, 3.8) is 0 Å². The van der Waals surface area contributed by atoms with Gasteiger partial charge < -0.3 is 8.83 Å². The van der Waals surface area contributed by atoms with Crippen molar-refractivity contribution in [2.45, 2.75) is 0 Å². The third-order valence-electron chi connectivity index (χ3n) is 12.9. The molecule has 10 rings (SSSR count). The molecule has 0 aliphatic rings. The molecule has 0 amide bonds. The summed E-state index contributed by atoms with van der Waals surface area (Å²) in [6, 6.07) is 33.1. The normalized spacial score (nSPS) is 11.8. The Hall–Kier alpha value is -6.01. The number of aromatic nitrogens is 3. The molecule has 0 radical (unpaired) electrons. The van der Waals surface area contributed by atoms with Gasteiger partial charge in [0.05, 0.1) is 0 Å². The highest BCUT2D eigenvalue weighted by Crippen LogP contribution is 2.38. The Balaban J connectivity index is 1.25. The SMILES string of the molecule is Bc1c(B)c(B)c2c(oc3c(B)c(B)c4c(-c5cccc(-c6nc(-c7ccccc7)nc(-c7cccc8oc9ccccc9c78)n6)c5)c(B)c(B)c(B)c4c32)c1B. The summed E-state index contributed by atoms with van der Waals surface area (Å²) in [5.41, 5.74) is 20.1. The van der Waals surface area contributed by atoms with Gasteiger partial charge in [-0.3, -0.25) is 0 Å². The topological polar surface area (TPSA) is 65.0 Å². The Morgan fingerprint density at radius 2 is 0.895 bits per heavy atom. The minimum atomic E-state index is 0.603. The number of benzene rings is 7. The number of hydrogen-bond donors (Lipinski definition) is 0. The van der Waals surface area contributed by atoms with Gasteiger partial charge in [-0.05, 0) is 40.1 Å². The lowest BCUT2D eigenvalue weighted by Crippen LogP contribution is -2.47. The van der Waals surface area contributed by atoms with Gasteiger partial charge in [-0.1, -0.05) is 117 Å². The lowest BCUT2D eigenvalue weighted by Gasteiger charge is -2.22. The van der Waals surface area contributed by atoms with Crippen LogP contribution in [0.2, 0.25) is 0 Å². The lowest BCUT2D eigenvalue weighted by atomic mass is 9.62. The summed E-state index contributed by atoms with van der Waals surface area (Å²) in [7, 11) is 20.2. The maximum absolute atomic E-state index is 6.88. The predicted molar refractivity (Wildman–Crippen MR) is 267 cm³/mol. The van der Waals surface area contributed by atoms with Crippen molar-refractivity contribution < 1.29 is 8.83 Å². The minimum absolute atomic E-state index is 0.603. The largest absolute Gasteiger partial charge is 0.457 e. The fourth-order valence-electron chi connectivity index (χ4n) is 9.15. The number of fused-ring (bicyclic) bond motifs is 8. The highest BCUT2D eigenvalue weighted by molar-refractivity contribution is 6.70. The molecule has 3 heterocycles. The van der Waals surface area contributed by atoms with Gasteiger partial charge in [-0.25, -0.2) is 15.0 Å². The second-order valence-corrected chi connectivity index (χ2v) is 15.8. The minimum Gasteiger partial charge on any atom is -0.457 e. The van der Waals surface area contributed by atoms with E-state index in [1.54, 1.807) is 0 Å². The molecule has 0 saturated heterocycles. The predicted octanol–water partition coefficient (Wildman–Crippen LogP) is -4.18. The molecule has 0 bridgehead atoms. The maximum atomic E-state index is 6.88. The van der Waals surface area contributed by atoms with Crippen LogP contribution in [0.3, 0.4) is 0 Å². The molecule has 0 N–H and O–H groups in total. The van der Waals surface area contributed by atoms with Crippen LogP contribution in [0.1, 0.15) is 0 Å². The van der Waals surface area contributed by atoms with Crippen molar-refractivity contribution in [1.29, 1.82) is 0 Å². The van der Waals surface area contributed by atoms with E-state index in [0.29, 0.717) is 17.5 Å². The van der Waals surface area contributed by atoms with Gasteiger partial charge in [-0.2, -0.15) is 0 Å². The van der Waals surface area contributed by atoms with Crippen LogP contribution in [0, 0.1) is 0 Å². The zero-order chi connectivity index (χ0) is 39.4. The van der Waals surface area contributed by atoms with Gasteiger partial charge in [0.25, 0.3) is 0 Å². The van der Waals surface area contributed by atoms with Crippen LogP contribution in [0.15, 0.2) is 106 Å². The Labute approximate surface area is 339 Å². The van der Waals surface area contributed by atoms with Gasteiger partial charge in [-0.15, -0.1) is 10.9 Å².